The second-order valence-electron chi connectivity index (χ2n) is 7.91. The zero-order valence-corrected chi connectivity index (χ0v) is 21.2. The van der Waals surface area contributed by atoms with Crippen LogP contribution in [0.5, 0.6) is 17.2 Å². The number of benzene rings is 2. The molecule has 0 saturated heterocycles. The predicted octanol–water partition coefficient (Wildman–Crippen LogP) is 4.51. The SMILES string of the molecule is CNCCCOc1cc(Cl)c(C)cc1NC(=O)NCc1ccc(Oc2ccnc(C(=O)NC)c2)cc1. The van der Waals surface area contributed by atoms with Gasteiger partial charge in [0, 0.05) is 36.9 Å². The molecule has 190 valence electrons. The molecule has 4 N–H and O–H groups in total. The highest BCUT2D eigenvalue weighted by Crippen LogP contribution is 2.31. The van der Waals surface area contributed by atoms with Crippen molar-refractivity contribution < 1.29 is 19.1 Å². The molecular weight excluding hydrogens is 482 g/mol. The molecule has 10 heteroatoms. The van der Waals surface area contributed by atoms with E-state index in [0.717, 1.165) is 24.1 Å². The maximum atomic E-state index is 12.5. The minimum absolute atomic E-state index is 0.268. The molecule has 0 aliphatic carbocycles. The first kappa shape index (κ1) is 26.8. The van der Waals surface area contributed by atoms with Crippen LogP contribution in [0.2, 0.25) is 5.02 Å². The fourth-order valence-corrected chi connectivity index (χ4v) is 3.35. The third-order valence-electron chi connectivity index (χ3n) is 5.14. The number of urea groups is 1. The van der Waals surface area contributed by atoms with Crippen LogP contribution >= 0.6 is 11.6 Å². The third-order valence-corrected chi connectivity index (χ3v) is 5.55. The second kappa shape index (κ2) is 13.3. The number of nitrogens with one attached hydrogen (secondary N) is 4. The van der Waals surface area contributed by atoms with E-state index >= 15 is 0 Å². The van der Waals surface area contributed by atoms with Crippen molar-refractivity contribution in [3.05, 3.63) is 76.6 Å². The number of aryl methyl sites for hydroxylation is 1. The van der Waals surface area contributed by atoms with E-state index in [2.05, 4.69) is 26.3 Å². The van der Waals surface area contributed by atoms with Crippen molar-refractivity contribution in [3.8, 4) is 17.2 Å². The van der Waals surface area contributed by atoms with Gasteiger partial charge in [0.05, 0.1) is 12.3 Å². The number of carbonyl (C=O) groups is 2. The lowest BCUT2D eigenvalue weighted by Gasteiger charge is -2.15. The minimum atomic E-state index is -0.365. The third kappa shape index (κ3) is 7.86. The molecule has 2 aromatic carbocycles. The highest BCUT2D eigenvalue weighted by Gasteiger charge is 2.12. The molecule has 0 aliphatic heterocycles. The van der Waals surface area contributed by atoms with E-state index in [-0.39, 0.29) is 17.6 Å². The number of ether oxygens (including phenoxy) is 2. The van der Waals surface area contributed by atoms with Gasteiger partial charge in [-0.3, -0.25) is 9.78 Å². The Morgan fingerprint density at radius 1 is 1.03 bits per heavy atom. The number of carbonyl (C=O) groups excluding carboxylic acids is 2. The highest BCUT2D eigenvalue weighted by atomic mass is 35.5. The molecule has 3 amide bonds. The van der Waals surface area contributed by atoms with Crippen LogP contribution in [0, 0.1) is 6.92 Å². The van der Waals surface area contributed by atoms with Crippen molar-refractivity contribution in [1.29, 1.82) is 0 Å². The number of amides is 3. The van der Waals surface area contributed by atoms with Crippen molar-refractivity contribution in [3.63, 3.8) is 0 Å². The van der Waals surface area contributed by atoms with Crippen LogP contribution in [0.25, 0.3) is 0 Å². The Labute approximate surface area is 215 Å². The number of hydrogen-bond acceptors (Lipinski definition) is 6. The van der Waals surface area contributed by atoms with Gasteiger partial charge < -0.3 is 30.7 Å². The van der Waals surface area contributed by atoms with Gasteiger partial charge in [-0.2, -0.15) is 0 Å². The monoisotopic (exact) mass is 511 g/mol. The molecule has 0 unspecified atom stereocenters. The Kier molecular flexibility index (Phi) is 9.91. The van der Waals surface area contributed by atoms with E-state index in [1.807, 2.05) is 26.1 Å². The quantitative estimate of drug-likeness (QED) is 0.282. The zero-order chi connectivity index (χ0) is 25.9. The Morgan fingerprint density at radius 3 is 2.53 bits per heavy atom. The highest BCUT2D eigenvalue weighted by molar-refractivity contribution is 6.31. The molecular formula is C26H30ClN5O4. The van der Waals surface area contributed by atoms with Crippen molar-refractivity contribution in [1.82, 2.24) is 20.9 Å². The van der Waals surface area contributed by atoms with E-state index in [1.54, 1.807) is 43.4 Å². The molecule has 1 aromatic heterocycles. The summed E-state index contributed by atoms with van der Waals surface area (Å²) >= 11 is 6.24. The summed E-state index contributed by atoms with van der Waals surface area (Å²) in [6.45, 7) is 3.50. The van der Waals surface area contributed by atoms with Gasteiger partial charge in [-0.1, -0.05) is 23.7 Å². The lowest BCUT2D eigenvalue weighted by molar-refractivity contribution is 0.0957. The summed E-state index contributed by atoms with van der Waals surface area (Å²) < 4.78 is 11.6. The van der Waals surface area contributed by atoms with Crippen LogP contribution in [-0.2, 0) is 6.54 Å². The van der Waals surface area contributed by atoms with Crippen molar-refractivity contribution >= 4 is 29.2 Å². The van der Waals surface area contributed by atoms with Gasteiger partial charge in [-0.25, -0.2) is 4.79 Å². The summed E-state index contributed by atoms with van der Waals surface area (Å²) in [5.74, 6) is 1.32. The van der Waals surface area contributed by atoms with Crippen LogP contribution in [-0.4, -0.2) is 44.2 Å². The molecule has 0 radical (unpaired) electrons. The molecule has 0 saturated carbocycles. The Bertz CT molecular complexity index is 1190. The molecule has 0 atom stereocenters. The molecule has 0 aliphatic rings. The molecule has 0 spiro atoms. The lowest BCUT2D eigenvalue weighted by atomic mass is 10.2. The maximum absolute atomic E-state index is 12.5. The molecule has 0 bridgehead atoms. The summed E-state index contributed by atoms with van der Waals surface area (Å²) in [6.07, 6.45) is 2.33. The largest absolute Gasteiger partial charge is 0.491 e. The number of hydrogen-bond donors (Lipinski definition) is 4. The summed E-state index contributed by atoms with van der Waals surface area (Å²) in [4.78, 5) is 28.3. The first-order valence-electron chi connectivity index (χ1n) is 11.5. The van der Waals surface area contributed by atoms with E-state index in [1.165, 1.54) is 6.20 Å². The molecule has 9 nitrogen and oxygen atoms in total. The van der Waals surface area contributed by atoms with Crippen LogP contribution in [0.1, 0.15) is 28.0 Å². The average molecular weight is 512 g/mol. The van der Waals surface area contributed by atoms with Crippen LogP contribution in [0.4, 0.5) is 10.5 Å². The maximum Gasteiger partial charge on any atom is 0.319 e. The fourth-order valence-electron chi connectivity index (χ4n) is 3.20. The van der Waals surface area contributed by atoms with Crippen LogP contribution in [0.15, 0.2) is 54.7 Å². The molecule has 36 heavy (non-hydrogen) atoms. The van der Waals surface area contributed by atoms with Crippen molar-refractivity contribution in [2.45, 2.75) is 19.9 Å². The summed E-state index contributed by atoms with van der Waals surface area (Å²) in [7, 11) is 3.42. The molecule has 3 aromatic rings. The number of anilines is 1. The van der Waals surface area contributed by atoms with Gasteiger partial charge in [-0.05, 0) is 62.3 Å². The number of pyridine rings is 1. The Hall–Kier alpha value is -3.82. The van der Waals surface area contributed by atoms with Gasteiger partial charge >= 0.3 is 6.03 Å². The fraction of sp³-hybridized carbons (Fsp3) is 0.269. The van der Waals surface area contributed by atoms with Gasteiger partial charge in [0.2, 0.25) is 0 Å². The minimum Gasteiger partial charge on any atom is -0.491 e. The topological polar surface area (TPSA) is 114 Å². The standard InChI is InChI=1S/C26H30ClN5O4/c1-17-13-22(24(15-21(17)27)35-12-4-10-28-2)32-26(34)31-16-18-5-7-19(8-6-18)36-20-9-11-30-23(14-20)25(33)29-3/h5-9,11,13-15,28H,4,10,12,16H2,1-3H3,(H,29,33)(H2,31,32,34). The van der Waals surface area contributed by atoms with Gasteiger partial charge in [-0.15, -0.1) is 0 Å². The van der Waals surface area contributed by atoms with Crippen LogP contribution in [0.3, 0.4) is 0 Å². The van der Waals surface area contributed by atoms with Gasteiger partial charge in [0.1, 0.15) is 22.9 Å². The van der Waals surface area contributed by atoms with E-state index < -0.39 is 0 Å². The summed E-state index contributed by atoms with van der Waals surface area (Å²) in [6, 6.07) is 13.6. The summed E-state index contributed by atoms with van der Waals surface area (Å²) in [5, 5.41) is 11.8. The smallest absolute Gasteiger partial charge is 0.319 e. The van der Waals surface area contributed by atoms with E-state index in [4.69, 9.17) is 21.1 Å². The lowest BCUT2D eigenvalue weighted by Crippen LogP contribution is -2.28. The van der Waals surface area contributed by atoms with Crippen molar-refractivity contribution in [2.24, 2.45) is 0 Å². The van der Waals surface area contributed by atoms with Gasteiger partial charge in [0.25, 0.3) is 5.91 Å². The Morgan fingerprint density at radius 2 is 1.81 bits per heavy atom. The van der Waals surface area contributed by atoms with E-state index in [0.29, 0.717) is 41.1 Å². The average Bonchev–Trinajstić information content (AvgIpc) is 2.88. The first-order chi connectivity index (χ1) is 17.4. The predicted molar refractivity (Wildman–Crippen MR) is 140 cm³/mol. The molecule has 1 heterocycles. The van der Waals surface area contributed by atoms with Crippen LogP contribution < -0.4 is 30.7 Å². The Balaban J connectivity index is 1.55. The van der Waals surface area contributed by atoms with E-state index in [9.17, 15) is 9.59 Å². The first-order valence-corrected chi connectivity index (χ1v) is 11.8. The molecule has 0 fully saturated rings. The number of halogens is 1. The summed E-state index contributed by atoms with van der Waals surface area (Å²) in [5.41, 5.74) is 2.54. The molecule has 3 rings (SSSR count). The zero-order valence-electron chi connectivity index (χ0n) is 20.5. The number of rotatable bonds is 11. The van der Waals surface area contributed by atoms with Gasteiger partial charge in [0.15, 0.2) is 0 Å². The number of aromatic nitrogens is 1. The number of nitrogens with zero attached hydrogens (tertiary/aromatic N) is 1. The second-order valence-corrected chi connectivity index (χ2v) is 8.32. The normalized spacial score (nSPS) is 10.4. The van der Waals surface area contributed by atoms with Crippen molar-refractivity contribution in [2.75, 3.05) is 32.6 Å².